The van der Waals surface area contributed by atoms with Crippen molar-refractivity contribution in [3.8, 4) is 5.75 Å². The van der Waals surface area contributed by atoms with Crippen molar-refractivity contribution in [1.82, 2.24) is 4.98 Å². The van der Waals surface area contributed by atoms with E-state index in [2.05, 4.69) is 20.9 Å². The average Bonchev–Trinajstić information content (AvgIpc) is 3.37. The van der Waals surface area contributed by atoms with Gasteiger partial charge in [0.1, 0.15) is 11.5 Å². The first-order valence-electron chi connectivity index (χ1n) is 10.5. The number of ether oxygens (including phenoxy) is 1. The summed E-state index contributed by atoms with van der Waals surface area (Å²) in [6.07, 6.45) is 0. The molecule has 0 bridgehead atoms. The standard InChI is InChI=1S/C26H19BrN2O4S/c1-14-3-5-16(6-4-14)23(30)21-22(15-7-9-17(27)10-8-15)29(25(32)24(21)31)26-28-19-12-11-18(33-2)13-20(19)34-26/h3-13,22,30H,1-2H3. The van der Waals surface area contributed by atoms with E-state index in [0.717, 1.165) is 14.7 Å². The maximum Gasteiger partial charge on any atom is 0.301 e. The van der Waals surface area contributed by atoms with Crippen LogP contribution in [0.25, 0.3) is 16.0 Å². The molecule has 1 N–H and O–H groups in total. The summed E-state index contributed by atoms with van der Waals surface area (Å²) >= 11 is 4.72. The van der Waals surface area contributed by atoms with Gasteiger partial charge in [0.15, 0.2) is 5.13 Å². The van der Waals surface area contributed by atoms with Crippen LogP contribution in [-0.4, -0.2) is 28.9 Å². The zero-order valence-corrected chi connectivity index (χ0v) is 20.7. The van der Waals surface area contributed by atoms with Crippen molar-refractivity contribution in [1.29, 1.82) is 0 Å². The van der Waals surface area contributed by atoms with Crippen molar-refractivity contribution in [2.75, 3.05) is 12.0 Å². The Morgan fingerprint density at radius 3 is 2.44 bits per heavy atom. The fourth-order valence-electron chi connectivity index (χ4n) is 3.98. The molecule has 4 aromatic rings. The number of methoxy groups -OCH3 is 1. The predicted molar refractivity (Wildman–Crippen MR) is 136 cm³/mol. The van der Waals surface area contributed by atoms with Gasteiger partial charge in [-0.2, -0.15) is 0 Å². The van der Waals surface area contributed by atoms with Gasteiger partial charge >= 0.3 is 5.91 Å². The van der Waals surface area contributed by atoms with Crippen LogP contribution in [0.4, 0.5) is 5.13 Å². The summed E-state index contributed by atoms with van der Waals surface area (Å²) in [5, 5.41) is 11.6. The van der Waals surface area contributed by atoms with Crippen molar-refractivity contribution >= 4 is 60.1 Å². The van der Waals surface area contributed by atoms with E-state index in [0.29, 0.717) is 27.5 Å². The maximum atomic E-state index is 13.3. The number of halogens is 1. The van der Waals surface area contributed by atoms with Crippen LogP contribution in [0.15, 0.2) is 76.8 Å². The number of rotatable bonds is 4. The lowest BCUT2D eigenvalue weighted by molar-refractivity contribution is -0.132. The molecule has 1 fully saturated rings. The molecule has 0 radical (unpaired) electrons. The molecule has 1 aliphatic rings. The molecule has 0 spiro atoms. The van der Waals surface area contributed by atoms with Gasteiger partial charge < -0.3 is 9.84 Å². The number of aryl methyl sites for hydroxylation is 1. The van der Waals surface area contributed by atoms with E-state index in [1.807, 2.05) is 55.5 Å². The van der Waals surface area contributed by atoms with E-state index in [1.54, 1.807) is 25.3 Å². The minimum Gasteiger partial charge on any atom is -0.507 e. The van der Waals surface area contributed by atoms with Gasteiger partial charge in [-0.15, -0.1) is 0 Å². The fraction of sp³-hybridized carbons (Fsp3) is 0.115. The number of hydrogen-bond donors (Lipinski definition) is 1. The van der Waals surface area contributed by atoms with Gasteiger partial charge in [-0.25, -0.2) is 4.98 Å². The highest BCUT2D eigenvalue weighted by Gasteiger charge is 2.48. The van der Waals surface area contributed by atoms with Crippen LogP contribution < -0.4 is 9.64 Å². The number of aliphatic hydroxyl groups excluding tert-OH is 1. The molecule has 170 valence electrons. The highest BCUT2D eigenvalue weighted by molar-refractivity contribution is 9.10. The first kappa shape index (κ1) is 22.3. The highest BCUT2D eigenvalue weighted by Crippen LogP contribution is 2.44. The van der Waals surface area contributed by atoms with Crippen molar-refractivity contribution < 1.29 is 19.4 Å². The lowest BCUT2D eigenvalue weighted by Gasteiger charge is -2.23. The van der Waals surface area contributed by atoms with Crippen LogP contribution >= 0.6 is 27.3 Å². The number of benzene rings is 3. The number of hydrogen-bond acceptors (Lipinski definition) is 6. The molecule has 1 unspecified atom stereocenters. The van der Waals surface area contributed by atoms with Crippen LogP contribution in [0.1, 0.15) is 22.7 Å². The van der Waals surface area contributed by atoms with Gasteiger partial charge in [0.2, 0.25) is 0 Å². The Bertz CT molecular complexity index is 1460. The molecule has 0 saturated carbocycles. The minimum atomic E-state index is -0.822. The third-order valence-corrected chi connectivity index (χ3v) is 7.29. The first-order chi connectivity index (χ1) is 16.4. The Kier molecular flexibility index (Phi) is 5.71. The Balaban J connectivity index is 1.71. The van der Waals surface area contributed by atoms with Gasteiger partial charge in [0.05, 0.1) is 28.9 Å². The van der Waals surface area contributed by atoms with Crippen LogP contribution in [0.3, 0.4) is 0 Å². The van der Waals surface area contributed by atoms with E-state index in [-0.39, 0.29) is 11.3 Å². The number of thiazole rings is 1. The predicted octanol–water partition coefficient (Wildman–Crippen LogP) is 6.00. The number of ketones is 1. The number of amides is 1. The van der Waals surface area contributed by atoms with E-state index in [4.69, 9.17) is 4.74 Å². The van der Waals surface area contributed by atoms with Crippen molar-refractivity contribution in [3.05, 3.63) is 93.5 Å². The molecule has 1 amide bonds. The SMILES string of the molecule is COc1ccc2nc(N3C(=O)C(=O)C(=C(O)c4ccc(C)cc4)C3c3ccc(Br)cc3)sc2c1. The first-order valence-corrected chi connectivity index (χ1v) is 12.1. The Hall–Kier alpha value is -3.49. The van der Waals surface area contributed by atoms with Crippen molar-refractivity contribution in [3.63, 3.8) is 0 Å². The monoisotopic (exact) mass is 534 g/mol. The van der Waals surface area contributed by atoms with E-state index in [9.17, 15) is 14.7 Å². The largest absolute Gasteiger partial charge is 0.507 e. The molecule has 0 aliphatic carbocycles. The molecule has 34 heavy (non-hydrogen) atoms. The number of Topliss-reactive ketones (excluding diaryl/α,β-unsaturated/α-hetero) is 1. The molecule has 1 aliphatic heterocycles. The maximum absolute atomic E-state index is 13.3. The second-order valence-corrected chi connectivity index (χ2v) is 9.84. The van der Waals surface area contributed by atoms with Crippen molar-refractivity contribution in [2.24, 2.45) is 0 Å². The summed E-state index contributed by atoms with van der Waals surface area (Å²) in [6.45, 7) is 1.94. The second-order valence-electron chi connectivity index (χ2n) is 7.92. The van der Waals surface area contributed by atoms with E-state index >= 15 is 0 Å². The van der Waals surface area contributed by atoms with Crippen LogP contribution in [0.2, 0.25) is 0 Å². The Labute approximate surface area is 208 Å². The summed E-state index contributed by atoms with van der Waals surface area (Å²) in [5.41, 5.74) is 2.91. The zero-order chi connectivity index (χ0) is 24.0. The number of anilines is 1. The molecule has 2 heterocycles. The van der Waals surface area contributed by atoms with Gasteiger partial charge in [0, 0.05) is 10.0 Å². The van der Waals surface area contributed by atoms with Crippen LogP contribution in [-0.2, 0) is 9.59 Å². The number of carbonyl (C=O) groups excluding carboxylic acids is 2. The average molecular weight is 535 g/mol. The Morgan fingerprint density at radius 1 is 1.06 bits per heavy atom. The minimum absolute atomic E-state index is 0.0352. The van der Waals surface area contributed by atoms with Crippen LogP contribution in [0.5, 0.6) is 5.75 Å². The van der Waals surface area contributed by atoms with Gasteiger partial charge in [0.25, 0.3) is 5.78 Å². The number of aliphatic hydroxyl groups is 1. The molecule has 1 atom stereocenters. The van der Waals surface area contributed by atoms with Gasteiger partial charge in [-0.1, -0.05) is 69.2 Å². The molecule has 5 rings (SSSR count). The fourth-order valence-corrected chi connectivity index (χ4v) is 5.27. The summed E-state index contributed by atoms with van der Waals surface area (Å²) in [5.74, 6) is -1.01. The van der Waals surface area contributed by atoms with Gasteiger partial charge in [-0.05, 0) is 42.8 Å². The normalized spacial score (nSPS) is 17.5. The molecular formula is C26H19BrN2O4S. The lowest BCUT2D eigenvalue weighted by atomic mass is 9.95. The number of nitrogens with zero attached hydrogens (tertiary/aromatic N) is 2. The van der Waals surface area contributed by atoms with Crippen molar-refractivity contribution in [2.45, 2.75) is 13.0 Å². The van der Waals surface area contributed by atoms with Gasteiger partial charge in [-0.3, -0.25) is 14.5 Å². The summed E-state index contributed by atoms with van der Waals surface area (Å²) < 4.78 is 6.99. The van der Waals surface area contributed by atoms with Crippen LogP contribution in [0, 0.1) is 6.92 Å². The lowest BCUT2D eigenvalue weighted by Crippen LogP contribution is -2.29. The molecule has 3 aromatic carbocycles. The summed E-state index contributed by atoms with van der Waals surface area (Å²) in [7, 11) is 1.58. The van der Waals surface area contributed by atoms with E-state index in [1.165, 1.54) is 16.2 Å². The highest BCUT2D eigenvalue weighted by atomic mass is 79.9. The number of aromatic nitrogens is 1. The second kappa shape index (κ2) is 8.70. The third kappa shape index (κ3) is 3.78. The topological polar surface area (TPSA) is 79.7 Å². The molecule has 6 nitrogen and oxygen atoms in total. The molecular weight excluding hydrogens is 516 g/mol. The molecule has 1 saturated heterocycles. The zero-order valence-electron chi connectivity index (χ0n) is 18.3. The Morgan fingerprint density at radius 2 is 1.76 bits per heavy atom. The van der Waals surface area contributed by atoms with E-state index < -0.39 is 17.7 Å². The third-order valence-electron chi connectivity index (χ3n) is 5.75. The number of carbonyl (C=O) groups is 2. The summed E-state index contributed by atoms with van der Waals surface area (Å²) in [6, 6.07) is 19.1. The smallest absolute Gasteiger partial charge is 0.301 e. The summed E-state index contributed by atoms with van der Waals surface area (Å²) in [4.78, 5) is 32.6. The number of fused-ring (bicyclic) bond motifs is 1. The quantitative estimate of drug-likeness (QED) is 0.197. The molecule has 8 heteroatoms. The molecule has 1 aromatic heterocycles.